The van der Waals surface area contributed by atoms with Crippen LogP contribution in [0.25, 0.3) is 0 Å². The molecule has 1 unspecified atom stereocenters. The molecule has 1 aromatic heterocycles. The van der Waals surface area contributed by atoms with E-state index >= 15 is 0 Å². The molecular formula is C15H19BrN2OS. The number of methoxy groups -OCH3 is 1. The number of halogens is 1. The van der Waals surface area contributed by atoms with Crippen LogP contribution in [-0.2, 0) is 6.54 Å². The summed E-state index contributed by atoms with van der Waals surface area (Å²) in [5.41, 5.74) is 7.21. The van der Waals surface area contributed by atoms with Gasteiger partial charge in [-0.15, -0.1) is 11.3 Å². The summed E-state index contributed by atoms with van der Waals surface area (Å²) in [6, 6.07) is 10.5. The number of rotatable bonds is 6. The topological polar surface area (TPSA) is 38.5 Å². The lowest BCUT2D eigenvalue weighted by molar-refractivity contribution is 0.244. The number of hydrogen-bond acceptors (Lipinski definition) is 4. The van der Waals surface area contributed by atoms with Gasteiger partial charge in [0.1, 0.15) is 5.75 Å². The van der Waals surface area contributed by atoms with Crippen molar-refractivity contribution < 1.29 is 4.74 Å². The molecule has 108 valence electrons. The molecule has 2 N–H and O–H groups in total. The molecule has 2 aromatic rings. The Bertz CT molecular complexity index is 541. The van der Waals surface area contributed by atoms with Crippen molar-refractivity contribution in [1.29, 1.82) is 0 Å². The van der Waals surface area contributed by atoms with Gasteiger partial charge in [-0.1, -0.05) is 12.1 Å². The highest BCUT2D eigenvalue weighted by atomic mass is 79.9. The van der Waals surface area contributed by atoms with Crippen molar-refractivity contribution in [3.05, 3.63) is 50.6 Å². The van der Waals surface area contributed by atoms with Crippen molar-refractivity contribution in [3.8, 4) is 5.75 Å². The van der Waals surface area contributed by atoms with Crippen LogP contribution in [0.5, 0.6) is 5.75 Å². The number of thiophene rings is 1. The van der Waals surface area contributed by atoms with Gasteiger partial charge in [0.25, 0.3) is 0 Å². The maximum Gasteiger partial charge on any atom is 0.118 e. The molecule has 0 aliphatic carbocycles. The highest BCUT2D eigenvalue weighted by molar-refractivity contribution is 9.10. The molecule has 0 aliphatic heterocycles. The van der Waals surface area contributed by atoms with Crippen molar-refractivity contribution in [2.75, 3.05) is 20.7 Å². The van der Waals surface area contributed by atoms with E-state index in [1.807, 2.05) is 12.1 Å². The van der Waals surface area contributed by atoms with Crippen LogP contribution < -0.4 is 10.5 Å². The maximum atomic E-state index is 5.96. The van der Waals surface area contributed by atoms with Crippen LogP contribution in [0, 0.1) is 0 Å². The first kappa shape index (κ1) is 15.5. The summed E-state index contributed by atoms with van der Waals surface area (Å²) in [5.74, 6) is 0.882. The highest BCUT2D eigenvalue weighted by Crippen LogP contribution is 2.32. The fourth-order valence-electron chi connectivity index (χ4n) is 2.16. The molecule has 0 fully saturated rings. The Morgan fingerprint density at radius 3 is 2.50 bits per heavy atom. The summed E-state index contributed by atoms with van der Waals surface area (Å²) in [6.07, 6.45) is 0. The smallest absolute Gasteiger partial charge is 0.118 e. The Morgan fingerprint density at radius 2 is 2.00 bits per heavy atom. The molecule has 0 saturated heterocycles. The molecule has 0 spiro atoms. The van der Waals surface area contributed by atoms with Gasteiger partial charge in [-0.2, -0.15) is 0 Å². The molecule has 20 heavy (non-hydrogen) atoms. The third-order valence-electron chi connectivity index (χ3n) is 3.29. The highest BCUT2D eigenvalue weighted by Gasteiger charge is 2.19. The zero-order valence-electron chi connectivity index (χ0n) is 11.7. The Labute approximate surface area is 132 Å². The van der Waals surface area contributed by atoms with Crippen LogP contribution in [0.1, 0.15) is 16.5 Å². The maximum absolute atomic E-state index is 5.96. The van der Waals surface area contributed by atoms with Crippen molar-refractivity contribution >= 4 is 27.3 Å². The molecule has 1 atom stereocenters. The zero-order valence-corrected chi connectivity index (χ0v) is 14.1. The third-order valence-corrected chi connectivity index (χ3v) is 5.27. The minimum Gasteiger partial charge on any atom is -0.497 e. The number of likely N-dealkylation sites (N-methyl/N-ethyl adjacent to an activating group) is 1. The number of ether oxygens (including phenoxy) is 1. The van der Waals surface area contributed by atoms with E-state index in [4.69, 9.17) is 10.5 Å². The second-order valence-electron chi connectivity index (χ2n) is 4.65. The molecule has 0 aliphatic rings. The molecule has 0 amide bonds. The van der Waals surface area contributed by atoms with E-state index in [9.17, 15) is 0 Å². The number of benzene rings is 1. The Morgan fingerprint density at radius 1 is 1.30 bits per heavy atom. The third kappa shape index (κ3) is 3.61. The van der Waals surface area contributed by atoms with Gasteiger partial charge in [-0.25, -0.2) is 0 Å². The summed E-state index contributed by atoms with van der Waals surface area (Å²) in [7, 11) is 3.79. The van der Waals surface area contributed by atoms with Gasteiger partial charge in [0.2, 0.25) is 0 Å². The van der Waals surface area contributed by atoms with Crippen LogP contribution in [0.3, 0.4) is 0 Å². The van der Waals surface area contributed by atoms with Gasteiger partial charge in [0.15, 0.2) is 0 Å². The van der Waals surface area contributed by atoms with Crippen LogP contribution in [0.2, 0.25) is 0 Å². The van der Waals surface area contributed by atoms with E-state index in [1.54, 1.807) is 18.4 Å². The largest absolute Gasteiger partial charge is 0.497 e. The van der Waals surface area contributed by atoms with E-state index < -0.39 is 0 Å². The summed E-state index contributed by atoms with van der Waals surface area (Å²) in [5, 5.41) is 2.09. The van der Waals surface area contributed by atoms with Crippen molar-refractivity contribution in [1.82, 2.24) is 4.90 Å². The van der Waals surface area contributed by atoms with Crippen LogP contribution in [0.15, 0.2) is 40.2 Å². The van der Waals surface area contributed by atoms with Crippen LogP contribution in [-0.4, -0.2) is 25.6 Å². The van der Waals surface area contributed by atoms with Gasteiger partial charge >= 0.3 is 0 Å². The minimum atomic E-state index is 0.228. The predicted molar refractivity (Wildman–Crippen MR) is 88.3 cm³/mol. The molecule has 0 saturated carbocycles. The monoisotopic (exact) mass is 354 g/mol. The average Bonchev–Trinajstić information content (AvgIpc) is 2.87. The van der Waals surface area contributed by atoms with E-state index in [1.165, 1.54) is 10.4 Å². The van der Waals surface area contributed by atoms with Crippen LogP contribution >= 0.6 is 27.3 Å². The van der Waals surface area contributed by atoms with Gasteiger partial charge in [-0.05, 0) is 52.1 Å². The van der Waals surface area contributed by atoms with Crippen molar-refractivity contribution in [2.45, 2.75) is 12.6 Å². The lowest BCUT2D eigenvalue weighted by atomic mass is 10.1. The molecular weight excluding hydrogens is 336 g/mol. The van der Waals surface area contributed by atoms with Crippen molar-refractivity contribution in [2.24, 2.45) is 5.73 Å². The number of hydrogen-bond donors (Lipinski definition) is 1. The zero-order chi connectivity index (χ0) is 14.5. The fraction of sp³-hybridized carbons (Fsp3) is 0.333. The Balaban J connectivity index is 2.09. The first-order chi connectivity index (χ1) is 9.65. The van der Waals surface area contributed by atoms with Crippen molar-refractivity contribution in [3.63, 3.8) is 0 Å². The molecule has 0 bridgehead atoms. The Kier molecular flexibility index (Phi) is 5.60. The molecule has 2 rings (SSSR count). The minimum absolute atomic E-state index is 0.228. The predicted octanol–water partition coefficient (Wildman–Crippen LogP) is 3.65. The first-order valence-electron chi connectivity index (χ1n) is 6.41. The lowest BCUT2D eigenvalue weighted by Gasteiger charge is -2.26. The van der Waals surface area contributed by atoms with Gasteiger partial charge < -0.3 is 10.5 Å². The van der Waals surface area contributed by atoms with Gasteiger partial charge in [0.05, 0.1) is 13.2 Å². The van der Waals surface area contributed by atoms with Gasteiger partial charge in [0, 0.05) is 22.4 Å². The molecule has 0 radical (unpaired) electrons. The standard InChI is InChI=1S/C15H19BrN2OS/c1-18(10-11-3-5-12(19-2)6-4-11)14(9-17)15-13(16)7-8-20-15/h3-8,14H,9-10,17H2,1-2H3. The normalized spacial score (nSPS) is 12.7. The summed E-state index contributed by atoms with van der Waals surface area (Å²) in [6.45, 7) is 1.46. The molecule has 3 nitrogen and oxygen atoms in total. The SMILES string of the molecule is COc1ccc(CN(C)C(CN)c2sccc2Br)cc1. The van der Waals surface area contributed by atoms with Crippen LogP contribution in [0.4, 0.5) is 0 Å². The van der Waals surface area contributed by atoms with E-state index in [2.05, 4.69) is 51.5 Å². The van der Waals surface area contributed by atoms with E-state index in [0.29, 0.717) is 6.54 Å². The average molecular weight is 355 g/mol. The first-order valence-corrected chi connectivity index (χ1v) is 8.09. The fourth-order valence-corrected chi connectivity index (χ4v) is 3.98. The molecule has 1 aromatic carbocycles. The molecule has 1 heterocycles. The summed E-state index contributed by atoms with van der Waals surface area (Å²) >= 11 is 5.33. The number of nitrogens with zero attached hydrogens (tertiary/aromatic N) is 1. The van der Waals surface area contributed by atoms with E-state index in [-0.39, 0.29) is 6.04 Å². The lowest BCUT2D eigenvalue weighted by Crippen LogP contribution is -2.29. The summed E-state index contributed by atoms with van der Waals surface area (Å²) in [4.78, 5) is 3.56. The second kappa shape index (κ2) is 7.22. The van der Waals surface area contributed by atoms with Gasteiger partial charge in [-0.3, -0.25) is 4.90 Å². The molecule has 5 heteroatoms. The summed E-state index contributed by atoms with van der Waals surface area (Å²) < 4.78 is 6.32. The number of nitrogens with two attached hydrogens (primary N) is 1. The quantitative estimate of drug-likeness (QED) is 0.860. The Hall–Kier alpha value is -0.880. The second-order valence-corrected chi connectivity index (χ2v) is 6.45. The van der Waals surface area contributed by atoms with E-state index in [0.717, 1.165) is 16.8 Å².